The standard InChI is InChI=1S/C13H16F3NO2/c14-13(15,16)11-7-9(8-17-10-2-3-10)1-4-12(11)19-6-5-18/h1,4,7,10,17-18H,2-3,5-6,8H2. The number of ether oxygens (including phenoxy) is 1. The van der Waals surface area contributed by atoms with E-state index in [-0.39, 0.29) is 19.0 Å². The Morgan fingerprint density at radius 3 is 2.63 bits per heavy atom. The van der Waals surface area contributed by atoms with Gasteiger partial charge in [0.2, 0.25) is 0 Å². The fourth-order valence-electron chi connectivity index (χ4n) is 1.74. The molecule has 0 heterocycles. The lowest BCUT2D eigenvalue weighted by Gasteiger charge is -2.15. The molecule has 1 saturated carbocycles. The van der Waals surface area contributed by atoms with Crippen molar-refractivity contribution in [3.05, 3.63) is 29.3 Å². The SMILES string of the molecule is OCCOc1ccc(CNC2CC2)cc1C(F)(F)F. The molecule has 0 atom stereocenters. The molecule has 6 heteroatoms. The molecule has 106 valence electrons. The molecular weight excluding hydrogens is 259 g/mol. The average Bonchev–Trinajstić information content (AvgIpc) is 3.17. The van der Waals surface area contributed by atoms with Gasteiger partial charge in [0.1, 0.15) is 12.4 Å². The molecule has 0 unspecified atom stereocenters. The van der Waals surface area contributed by atoms with E-state index in [1.165, 1.54) is 6.07 Å². The summed E-state index contributed by atoms with van der Waals surface area (Å²) in [5, 5.41) is 11.8. The molecule has 1 aromatic carbocycles. The van der Waals surface area contributed by atoms with Crippen molar-refractivity contribution in [2.75, 3.05) is 13.2 Å². The molecule has 0 amide bonds. The van der Waals surface area contributed by atoms with Crippen LogP contribution in [0.5, 0.6) is 5.75 Å². The minimum Gasteiger partial charge on any atom is -0.491 e. The van der Waals surface area contributed by atoms with E-state index in [0.717, 1.165) is 18.9 Å². The number of rotatable bonds is 6. The monoisotopic (exact) mass is 275 g/mol. The van der Waals surface area contributed by atoms with Gasteiger partial charge in [-0.05, 0) is 30.5 Å². The van der Waals surface area contributed by atoms with Gasteiger partial charge in [0.25, 0.3) is 0 Å². The molecular formula is C13H16F3NO2. The number of alkyl halides is 3. The lowest BCUT2D eigenvalue weighted by molar-refractivity contribution is -0.139. The molecule has 0 saturated heterocycles. The van der Waals surface area contributed by atoms with Crippen LogP contribution >= 0.6 is 0 Å². The van der Waals surface area contributed by atoms with Crippen LogP contribution in [-0.4, -0.2) is 24.4 Å². The second-order valence-electron chi connectivity index (χ2n) is 4.56. The molecule has 0 radical (unpaired) electrons. The smallest absolute Gasteiger partial charge is 0.419 e. The molecule has 0 spiro atoms. The Morgan fingerprint density at radius 1 is 1.32 bits per heavy atom. The van der Waals surface area contributed by atoms with Gasteiger partial charge < -0.3 is 15.2 Å². The van der Waals surface area contributed by atoms with Crippen molar-refractivity contribution in [1.82, 2.24) is 5.32 Å². The van der Waals surface area contributed by atoms with Crippen molar-refractivity contribution >= 4 is 0 Å². The Morgan fingerprint density at radius 2 is 2.05 bits per heavy atom. The van der Waals surface area contributed by atoms with E-state index in [9.17, 15) is 13.2 Å². The summed E-state index contributed by atoms with van der Waals surface area (Å²) in [5.74, 6) is -0.239. The molecule has 3 nitrogen and oxygen atoms in total. The Hall–Kier alpha value is -1.27. The third kappa shape index (κ3) is 4.11. The van der Waals surface area contributed by atoms with Gasteiger partial charge in [-0.25, -0.2) is 0 Å². The minimum absolute atomic E-state index is 0.150. The zero-order valence-corrected chi connectivity index (χ0v) is 10.3. The number of aliphatic hydroxyl groups excluding tert-OH is 1. The van der Waals surface area contributed by atoms with Crippen LogP contribution in [0.1, 0.15) is 24.0 Å². The van der Waals surface area contributed by atoms with Crippen LogP contribution in [0.15, 0.2) is 18.2 Å². The molecule has 19 heavy (non-hydrogen) atoms. The molecule has 1 aromatic rings. The van der Waals surface area contributed by atoms with Gasteiger partial charge in [-0.3, -0.25) is 0 Å². The van der Waals surface area contributed by atoms with E-state index < -0.39 is 11.7 Å². The van der Waals surface area contributed by atoms with Gasteiger partial charge in [0.05, 0.1) is 12.2 Å². The lowest BCUT2D eigenvalue weighted by Crippen LogP contribution is -2.17. The van der Waals surface area contributed by atoms with Gasteiger partial charge in [0, 0.05) is 12.6 Å². The van der Waals surface area contributed by atoms with Crippen molar-refractivity contribution in [2.45, 2.75) is 31.6 Å². The summed E-state index contributed by atoms with van der Waals surface area (Å²) in [6.45, 7) is -0.0426. The summed E-state index contributed by atoms with van der Waals surface area (Å²) in [5.41, 5.74) is -0.216. The average molecular weight is 275 g/mol. The second-order valence-corrected chi connectivity index (χ2v) is 4.56. The van der Waals surface area contributed by atoms with Crippen LogP contribution in [0, 0.1) is 0 Å². The summed E-state index contributed by atoms with van der Waals surface area (Å²) < 4.78 is 43.6. The fourth-order valence-corrected chi connectivity index (χ4v) is 1.74. The molecule has 0 aromatic heterocycles. The topological polar surface area (TPSA) is 41.5 Å². The van der Waals surface area contributed by atoms with E-state index in [4.69, 9.17) is 9.84 Å². The van der Waals surface area contributed by atoms with Gasteiger partial charge in [-0.2, -0.15) is 13.2 Å². The number of hydrogen-bond donors (Lipinski definition) is 2. The van der Waals surface area contributed by atoms with Crippen molar-refractivity contribution < 1.29 is 23.0 Å². The van der Waals surface area contributed by atoms with Crippen LogP contribution in [0.25, 0.3) is 0 Å². The largest absolute Gasteiger partial charge is 0.491 e. The molecule has 1 aliphatic rings. The molecule has 0 aliphatic heterocycles. The molecule has 2 N–H and O–H groups in total. The Kier molecular flexibility index (Phi) is 4.31. The maximum atomic E-state index is 12.9. The zero-order chi connectivity index (χ0) is 13.9. The second kappa shape index (κ2) is 5.79. The maximum absolute atomic E-state index is 12.9. The summed E-state index contributed by atoms with van der Waals surface area (Å²) in [7, 11) is 0. The fraction of sp³-hybridized carbons (Fsp3) is 0.538. The van der Waals surface area contributed by atoms with Crippen LogP contribution in [0.4, 0.5) is 13.2 Å². The van der Waals surface area contributed by atoms with E-state index in [2.05, 4.69) is 5.32 Å². The highest BCUT2D eigenvalue weighted by atomic mass is 19.4. The number of nitrogens with one attached hydrogen (secondary N) is 1. The zero-order valence-electron chi connectivity index (χ0n) is 10.3. The first-order valence-corrected chi connectivity index (χ1v) is 6.18. The first-order valence-electron chi connectivity index (χ1n) is 6.18. The molecule has 1 aliphatic carbocycles. The van der Waals surface area contributed by atoms with Gasteiger partial charge in [0.15, 0.2) is 0 Å². The van der Waals surface area contributed by atoms with E-state index in [1.807, 2.05) is 0 Å². The van der Waals surface area contributed by atoms with Crippen LogP contribution in [-0.2, 0) is 12.7 Å². The van der Waals surface area contributed by atoms with E-state index in [0.29, 0.717) is 18.2 Å². The third-order valence-corrected chi connectivity index (χ3v) is 2.87. The summed E-state index contributed by atoms with van der Waals surface area (Å²) in [6.07, 6.45) is -2.28. The minimum atomic E-state index is -4.46. The highest BCUT2D eigenvalue weighted by molar-refractivity contribution is 5.39. The van der Waals surface area contributed by atoms with Gasteiger partial charge >= 0.3 is 6.18 Å². The summed E-state index contributed by atoms with van der Waals surface area (Å²) >= 11 is 0. The van der Waals surface area contributed by atoms with Crippen molar-refractivity contribution in [3.8, 4) is 5.75 Å². The summed E-state index contributed by atoms with van der Waals surface area (Å²) in [4.78, 5) is 0. The molecule has 1 fully saturated rings. The van der Waals surface area contributed by atoms with Crippen molar-refractivity contribution in [3.63, 3.8) is 0 Å². The Bertz CT molecular complexity index is 430. The van der Waals surface area contributed by atoms with Crippen LogP contribution < -0.4 is 10.1 Å². The normalized spacial score (nSPS) is 15.6. The first kappa shape index (κ1) is 14.1. The number of aliphatic hydroxyl groups is 1. The number of halogens is 3. The van der Waals surface area contributed by atoms with Crippen molar-refractivity contribution in [1.29, 1.82) is 0 Å². The van der Waals surface area contributed by atoms with Gasteiger partial charge in [-0.15, -0.1) is 0 Å². The highest BCUT2D eigenvalue weighted by Gasteiger charge is 2.34. The van der Waals surface area contributed by atoms with E-state index in [1.54, 1.807) is 6.07 Å². The highest BCUT2D eigenvalue weighted by Crippen LogP contribution is 2.37. The summed E-state index contributed by atoms with van der Waals surface area (Å²) in [6, 6.07) is 4.46. The van der Waals surface area contributed by atoms with E-state index >= 15 is 0 Å². The predicted octanol–water partition coefficient (Wildman–Crippen LogP) is 2.33. The van der Waals surface area contributed by atoms with Gasteiger partial charge in [-0.1, -0.05) is 6.07 Å². The first-order chi connectivity index (χ1) is 9.00. The maximum Gasteiger partial charge on any atom is 0.419 e. The quantitative estimate of drug-likeness (QED) is 0.837. The Balaban J connectivity index is 2.14. The molecule has 0 bridgehead atoms. The van der Waals surface area contributed by atoms with Crippen LogP contribution in [0.2, 0.25) is 0 Å². The lowest BCUT2D eigenvalue weighted by atomic mass is 10.1. The van der Waals surface area contributed by atoms with Crippen molar-refractivity contribution in [2.24, 2.45) is 0 Å². The predicted molar refractivity (Wildman–Crippen MR) is 63.9 cm³/mol. The molecule has 2 rings (SSSR count). The third-order valence-electron chi connectivity index (χ3n) is 2.87. The number of benzene rings is 1. The number of hydrogen-bond acceptors (Lipinski definition) is 3. The van der Waals surface area contributed by atoms with Crippen LogP contribution in [0.3, 0.4) is 0 Å². The Labute approximate surface area is 109 Å².